The molecule has 1 aliphatic carbocycles. The molecule has 0 atom stereocenters. The van der Waals surface area contributed by atoms with Gasteiger partial charge in [0.05, 0.1) is 5.69 Å². The summed E-state index contributed by atoms with van der Waals surface area (Å²) in [6.07, 6.45) is 3.94. The summed E-state index contributed by atoms with van der Waals surface area (Å²) in [5.74, 6) is 0.616. The molecule has 0 unspecified atom stereocenters. The first kappa shape index (κ1) is 12.8. The first-order valence-corrected chi connectivity index (χ1v) is 7.10. The lowest BCUT2D eigenvalue weighted by molar-refractivity contribution is 0.374. The minimum Gasteiger partial charge on any atom is -0.380 e. The van der Waals surface area contributed by atoms with E-state index in [9.17, 15) is 0 Å². The van der Waals surface area contributed by atoms with Crippen molar-refractivity contribution in [2.75, 3.05) is 5.32 Å². The lowest BCUT2D eigenvalue weighted by Crippen LogP contribution is -2.34. The molecular formula is C15H14Cl2N2. The molecule has 0 amide bonds. The predicted octanol–water partition coefficient (Wildman–Crippen LogP) is 4.75. The molecule has 1 fully saturated rings. The Morgan fingerprint density at radius 2 is 1.79 bits per heavy atom. The Bertz CT molecular complexity index is 563. The highest BCUT2D eigenvalue weighted by Gasteiger charge is 2.30. The fourth-order valence-electron chi connectivity index (χ4n) is 2.46. The molecule has 1 aromatic carbocycles. The zero-order chi connectivity index (χ0) is 13.2. The molecule has 3 rings (SSSR count). The Labute approximate surface area is 122 Å². The van der Waals surface area contributed by atoms with E-state index in [0.29, 0.717) is 17.1 Å². The van der Waals surface area contributed by atoms with Crippen LogP contribution in [0.15, 0.2) is 42.6 Å². The van der Waals surface area contributed by atoms with E-state index in [1.807, 2.05) is 24.3 Å². The van der Waals surface area contributed by atoms with Crippen molar-refractivity contribution in [2.24, 2.45) is 0 Å². The number of hydrogen-bond donors (Lipinski definition) is 1. The monoisotopic (exact) mass is 292 g/mol. The summed E-state index contributed by atoms with van der Waals surface area (Å²) in [7, 11) is 0. The van der Waals surface area contributed by atoms with Gasteiger partial charge in [0.25, 0.3) is 0 Å². The predicted molar refractivity (Wildman–Crippen MR) is 80.1 cm³/mol. The number of rotatable bonds is 3. The number of halogens is 2. The molecule has 0 saturated heterocycles. The molecule has 0 bridgehead atoms. The lowest BCUT2D eigenvalue weighted by atomic mass is 9.76. The average Bonchev–Trinajstić information content (AvgIpc) is 2.37. The topological polar surface area (TPSA) is 24.9 Å². The third-order valence-electron chi connectivity index (χ3n) is 3.60. The van der Waals surface area contributed by atoms with Crippen molar-refractivity contribution in [1.82, 2.24) is 4.98 Å². The van der Waals surface area contributed by atoms with E-state index in [1.54, 1.807) is 6.20 Å². The summed E-state index contributed by atoms with van der Waals surface area (Å²) in [5.41, 5.74) is 2.28. The highest BCUT2D eigenvalue weighted by atomic mass is 35.5. The second-order valence-electron chi connectivity index (χ2n) is 4.90. The van der Waals surface area contributed by atoms with Gasteiger partial charge in [0.15, 0.2) is 5.15 Å². The van der Waals surface area contributed by atoms with Crippen molar-refractivity contribution in [1.29, 1.82) is 0 Å². The van der Waals surface area contributed by atoms with Crippen molar-refractivity contribution in [3.8, 4) is 0 Å². The maximum absolute atomic E-state index is 6.03. The molecule has 98 valence electrons. The summed E-state index contributed by atoms with van der Waals surface area (Å²) in [4.78, 5) is 4.07. The van der Waals surface area contributed by atoms with E-state index in [2.05, 4.69) is 22.4 Å². The number of hydrogen-bond acceptors (Lipinski definition) is 2. The van der Waals surface area contributed by atoms with Crippen molar-refractivity contribution in [3.05, 3.63) is 58.3 Å². The Hall–Kier alpha value is -1.25. The molecule has 1 aliphatic rings. The van der Waals surface area contributed by atoms with Gasteiger partial charge in [0.2, 0.25) is 0 Å². The van der Waals surface area contributed by atoms with Crippen LogP contribution < -0.4 is 5.32 Å². The van der Waals surface area contributed by atoms with E-state index < -0.39 is 0 Å². The maximum atomic E-state index is 6.03. The minimum absolute atomic E-state index is 0.474. The summed E-state index contributed by atoms with van der Waals surface area (Å²) in [5, 5.41) is 4.77. The lowest BCUT2D eigenvalue weighted by Gasteiger charge is -2.37. The zero-order valence-corrected chi connectivity index (χ0v) is 11.8. The third-order valence-corrected chi connectivity index (χ3v) is 4.15. The normalized spacial score (nSPS) is 21.8. The highest BCUT2D eigenvalue weighted by molar-refractivity contribution is 6.32. The zero-order valence-electron chi connectivity index (χ0n) is 10.3. The summed E-state index contributed by atoms with van der Waals surface area (Å²) in [6.45, 7) is 0. The van der Waals surface area contributed by atoms with Gasteiger partial charge in [-0.15, -0.1) is 0 Å². The van der Waals surface area contributed by atoms with Crippen LogP contribution in [0.2, 0.25) is 10.2 Å². The van der Waals surface area contributed by atoms with Crippen molar-refractivity contribution < 1.29 is 0 Å². The highest BCUT2D eigenvalue weighted by Crippen LogP contribution is 2.39. The molecule has 1 N–H and O–H groups in total. The molecule has 0 aliphatic heterocycles. The van der Waals surface area contributed by atoms with E-state index >= 15 is 0 Å². The van der Waals surface area contributed by atoms with Gasteiger partial charge in [-0.1, -0.05) is 35.3 Å². The summed E-state index contributed by atoms with van der Waals surface area (Å²) < 4.78 is 0. The SMILES string of the molecule is Clc1ccc(C2CC(Nc3cccnc3Cl)C2)cc1. The summed E-state index contributed by atoms with van der Waals surface area (Å²) in [6, 6.07) is 12.5. The van der Waals surface area contributed by atoms with E-state index in [4.69, 9.17) is 23.2 Å². The van der Waals surface area contributed by atoms with Crippen molar-refractivity contribution >= 4 is 28.9 Å². The molecule has 19 heavy (non-hydrogen) atoms. The first-order valence-electron chi connectivity index (χ1n) is 6.35. The van der Waals surface area contributed by atoms with Crippen LogP contribution in [-0.4, -0.2) is 11.0 Å². The molecule has 1 saturated carbocycles. The number of pyridine rings is 1. The van der Waals surface area contributed by atoms with Gasteiger partial charge < -0.3 is 5.32 Å². The fraction of sp³-hybridized carbons (Fsp3) is 0.267. The molecule has 0 spiro atoms. The van der Waals surface area contributed by atoms with E-state index in [1.165, 1.54) is 5.56 Å². The van der Waals surface area contributed by atoms with Gasteiger partial charge >= 0.3 is 0 Å². The van der Waals surface area contributed by atoms with Crippen LogP contribution in [0.4, 0.5) is 5.69 Å². The van der Waals surface area contributed by atoms with Crippen LogP contribution in [0.3, 0.4) is 0 Å². The Kier molecular flexibility index (Phi) is 3.63. The molecule has 1 heterocycles. The van der Waals surface area contributed by atoms with Gasteiger partial charge in [0, 0.05) is 17.3 Å². The molecule has 0 radical (unpaired) electrons. The number of nitrogens with zero attached hydrogens (tertiary/aromatic N) is 1. The molecular weight excluding hydrogens is 279 g/mol. The van der Waals surface area contributed by atoms with Crippen LogP contribution in [0.5, 0.6) is 0 Å². The smallest absolute Gasteiger partial charge is 0.152 e. The van der Waals surface area contributed by atoms with Crippen LogP contribution in [0, 0.1) is 0 Å². The van der Waals surface area contributed by atoms with Gasteiger partial charge in [-0.2, -0.15) is 0 Å². The van der Waals surface area contributed by atoms with Gasteiger partial charge in [-0.25, -0.2) is 4.98 Å². The molecule has 4 heteroatoms. The van der Waals surface area contributed by atoms with Crippen molar-refractivity contribution in [2.45, 2.75) is 24.8 Å². The quantitative estimate of drug-likeness (QED) is 0.826. The van der Waals surface area contributed by atoms with Crippen LogP contribution in [0.1, 0.15) is 24.3 Å². The Balaban J connectivity index is 1.58. The molecule has 2 aromatic rings. The van der Waals surface area contributed by atoms with Gasteiger partial charge in [-0.05, 0) is 48.6 Å². The average molecular weight is 293 g/mol. The van der Waals surface area contributed by atoms with Gasteiger partial charge in [-0.3, -0.25) is 0 Å². The Morgan fingerprint density at radius 1 is 1.05 bits per heavy atom. The maximum Gasteiger partial charge on any atom is 0.152 e. The minimum atomic E-state index is 0.474. The van der Waals surface area contributed by atoms with Gasteiger partial charge in [0.1, 0.15) is 0 Å². The summed E-state index contributed by atoms with van der Waals surface area (Å²) >= 11 is 11.9. The van der Waals surface area contributed by atoms with Crippen molar-refractivity contribution in [3.63, 3.8) is 0 Å². The largest absolute Gasteiger partial charge is 0.380 e. The second-order valence-corrected chi connectivity index (χ2v) is 5.70. The molecule has 2 nitrogen and oxygen atoms in total. The third kappa shape index (κ3) is 2.85. The van der Waals surface area contributed by atoms with E-state index in [0.717, 1.165) is 23.6 Å². The molecule has 1 aromatic heterocycles. The number of anilines is 1. The van der Waals surface area contributed by atoms with E-state index in [-0.39, 0.29) is 0 Å². The van der Waals surface area contributed by atoms with Crippen LogP contribution >= 0.6 is 23.2 Å². The first-order chi connectivity index (χ1) is 9.22. The van der Waals surface area contributed by atoms with Crippen LogP contribution in [-0.2, 0) is 0 Å². The fourth-order valence-corrected chi connectivity index (χ4v) is 2.76. The standard InChI is InChI=1S/C15H14Cl2N2/c16-12-5-3-10(4-6-12)11-8-13(9-11)19-14-2-1-7-18-15(14)17/h1-7,11,13,19H,8-9H2. The Morgan fingerprint density at radius 3 is 2.47 bits per heavy atom. The number of benzene rings is 1. The number of aromatic nitrogens is 1. The van der Waals surface area contributed by atoms with Crippen LogP contribution in [0.25, 0.3) is 0 Å². The second kappa shape index (κ2) is 5.40. The number of nitrogens with one attached hydrogen (secondary N) is 1.